The first kappa shape index (κ1) is 43.0. The Labute approximate surface area is 322 Å². The molecule has 0 bridgehead atoms. The third-order valence-electron chi connectivity index (χ3n) is 9.56. The molecule has 13 heteroatoms. The summed E-state index contributed by atoms with van der Waals surface area (Å²) in [6.07, 6.45) is 2.55. The fraction of sp³-hybridized carbons (Fsp3) is 0.429. The molecular formula is C42H55N5O8. The highest BCUT2D eigenvalue weighted by Gasteiger charge is 2.36. The molecule has 0 aliphatic carbocycles. The monoisotopic (exact) mass is 757 g/mol. The predicted octanol–water partition coefficient (Wildman–Crippen LogP) is 4.15. The van der Waals surface area contributed by atoms with Crippen molar-refractivity contribution < 1.29 is 40.2 Å². The van der Waals surface area contributed by atoms with Crippen molar-refractivity contribution in [1.29, 1.82) is 0 Å². The maximum Gasteiger partial charge on any atom is 0.251 e. The number of aliphatic hydroxyl groups excluding tert-OH is 6. The predicted molar refractivity (Wildman–Crippen MR) is 210 cm³/mol. The molecule has 0 unspecified atom stereocenters. The molecule has 0 saturated carbocycles. The number of nitrogens with zero attached hydrogens (tertiary/aromatic N) is 2. The fourth-order valence-electron chi connectivity index (χ4n) is 6.47. The number of hydrogen-bond acceptors (Lipinski definition) is 11. The van der Waals surface area contributed by atoms with Gasteiger partial charge in [0.05, 0.1) is 24.7 Å². The topological polar surface area (TPSA) is 217 Å². The third kappa shape index (κ3) is 13.5. The first-order valence-corrected chi connectivity index (χ1v) is 19.0. The number of hydrogen-bond donors (Lipinski definition) is 9. The molecule has 4 rings (SSSR count). The van der Waals surface area contributed by atoms with Crippen LogP contribution in [0, 0.1) is 0 Å². The van der Waals surface area contributed by atoms with Crippen LogP contribution in [-0.2, 0) is 9.59 Å². The Kier molecular flexibility index (Phi) is 18.1. The van der Waals surface area contributed by atoms with Crippen LogP contribution in [0.3, 0.4) is 0 Å². The summed E-state index contributed by atoms with van der Waals surface area (Å²) < 4.78 is 0. The van der Waals surface area contributed by atoms with E-state index in [2.05, 4.69) is 25.9 Å². The molecule has 0 radical (unpaired) electrons. The van der Waals surface area contributed by atoms with Crippen molar-refractivity contribution in [3.8, 4) is 0 Å². The van der Waals surface area contributed by atoms with Gasteiger partial charge < -0.3 is 46.6 Å². The molecule has 0 fully saturated rings. The van der Waals surface area contributed by atoms with Gasteiger partial charge in [-0.15, -0.1) is 0 Å². The molecule has 13 nitrogen and oxygen atoms in total. The molecule has 0 saturated heterocycles. The summed E-state index contributed by atoms with van der Waals surface area (Å²) in [5.74, 6) is -0.892. The minimum absolute atomic E-state index is 0.0965. The third-order valence-corrected chi connectivity index (χ3v) is 9.56. The van der Waals surface area contributed by atoms with Crippen LogP contribution in [0.15, 0.2) is 103 Å². The van der Waals surface area contributed by atoms with Crippen LogP contribution >= 0.6 is 0 Å². The standard InChI is InChI=1S/C42H55N5O8/c48-28-33(49)39(52)40(53)41(54)42(55)45-27-15-6-4-2-1-3-5-10-24-35(50)46-31-21-12-11-20-30(31)37(47-34-23-14-17-26-44-34)36(32-22-13-16-25-43-32)38(51)29-18-8-7-9-19-29/h7-9,11-14,16-23,25-26,33,36-41,48-49,51-54H,1-6,10,15,24,27-28H2,(H,44,47)(H,45,55)(H,46,50)/t33-,36-,37+,38+,39-,40+,41-/m0/s1. The number of aliphatic hydroxyl groups is 6. The summed E-state index contributed by atoms with van der Waals surface area (Å²) in [5, 5.41) is 68.8. The lowest BCUT2D eigenvalue weighted by molar-refractivity contribution is -0.148. The van der Waals surface area contributed by atoms with E-state index in [1.165, 1.54) is 0 Å². The first-order chi connectivity index (χ1) is 26.7. The number of aromatic nitrogens is 2. The summed E-state index contributed by atoms with van der Waals surface area (Å²) in [5.41, 5.74) is 2.86. The van der Waals surface area contributed by atoms with Gasteiger partial charge in [-0.25, -0.2) is 4.98 Å². The summed E-state index contributed by atoms with van der Waals surface area (Å²) >= 11 is 0. The van der Waals surface area contributed by atoms with Crippen molar-refractivity contribution in [3.05, 3.63) is 120 Å². The highest BCUT2D eigenvalue weighted by Crippen LogP contribution is 2.43. The van der Waals surface area contributed by atoms with Gasteiger partial charge in [0, 0.05) is 36.7 Å². The summed E-state index contributed by atoms with van der Waals surface area (Å²) in [6, 6.07) is 27.8. The maximum absolute atomic E-state index is 13.3. The number of rotatable bonds is 24. The zero-order chi connectivity index (χ0) is 39.4. The molecule has 0 aliphatic heterocycles. The molecular weight excluding hydrogens is 702 g/mol. The number of para-hydroxylation sites is 1. The number of anilines is 2. The van der Waals surface area contributed by atoms with Gasteiger partial charge >= 0.3 is 0 Å². The lowest BCUT2D eigenvalue weighted by atomic mass is 9.82. The van der Waals surface area contributed by atoms with Crippen LogP contribution in [0.5, 0.6) is 0 Å². The zero-order valence-electron chi connectivity index (χ0n) is 31.0. The number of carbonyl (C=O) groups is 2. The smallest absolute Gasteiger partial charge is 0.251 e. The van der Waals surface area contributed by atoms with E-state index in [4.69, 9.17) is 5.11 Å². The van der Waals surface area contributed by atoms with Crippen molar-refractivity contribution >= 4 is 23.3 Å². The molecule has 2 heterocycles. The SMILES string of the molecule is O=C(CCCCCCCCCCNC(=O)[C@@H](O)[C@H](O)[C@@H](O)[C@@H](O)CO)Nc1ccccc1[C@@H](Nc1ccccn1)[C@H](c1ccccn1)[C@H](O)c1ccccc1. The van der Waals surface area contributed by atoms with Crippen LogP contribution in [0.2, 0.25) is 0 Å². The van der Waals surface area contributed by atoms with Crippen LogP contribution in [0.4, 0.5) is 11.5 Å². The molecule has 7 atom stereocenters. The van der Waals surface area contributed by atoms with Crippen molar-refractivity contribution in [2.45, 2.75) is 100 Å². The Hall–Kier alpha value is -4.76. The van der Waals surface area contributed by atoms with Crippen LogP contribution in [0.1, 0.15) is 92.7 Å². The van der Waals surface area contributed by atoms with Crippen molar-refractivity contribution in [3.63, 3.8) is 0 Å². The van der Waals surface area contributed by atoms with E-state index in [0.29, 0.717) is 30.0 Å². The first-order valence-electron chi connectivity index (χ1n) is 19.0. The highest BCUT2D eigenvalue weighted by atomic mass is 16.4. The Morgan fingerprint density at radius 3 is 1.93 bits per heavy atom. The van der Waals surface area contributed by atoms with Gasteiger partial charge in [-0.1, -0.05) is 99.2 Å². The Morgan fingerprint density at radius 1 is 0.655 bits per heavy atom. The molecule has 0 aliphatic rings. The molecule has 2 aromatic carbocycles. The second kappa shape index (κ2) is 23.2. The minimum Gasteiger partial charge on any atom is -0.394 e. The number of unbranched alkanes of at least 4 members (excludes halogenated alkanes) is 7. The largest absolute Gasteiger partial charge is 0.394 e. The van der Waals surface area contributed by atoms with E-state index in [0.717, 1.165) is 56.1 Å². The van der Waals surface area contributed by atoms with Gasteiger partial charge in [-0.2, -0.15) is 0 Å². The normalized spacial score (nSPS) is 15.2. The zero-order valence-corrected chi connectivity index (χ0v) is 31.0. The molecule has 0 spiro atoms. The molecule has 4 aromatic rings. The number of pyridine rings is 2. The molecule has 2 aromatic heterocycles. The number of nitrogens with one attached hydrogen (secondary N) is 3. The van der Waals surface area contributed by atoms with Gasteiger partial charge in [0.2, 0.25) is 5.91 Å². The summed E-state index contributed by atoms with van der Waals surface area (Å²) in [7, 11) is 0. The molecule has 9 N–H and O–H groups in total. The average Bonchev–Trinajstić information content (AvgIpc) is 3.22. The lowest BCUT2D eigenvalue weighted by Crippen LogP contribution is -2.51. The Morgan fingerprint density at radius 2 is 1.27 bits per heavy atom. The van der Waals surface area contributed by atoms with E-state index < -0.39 is 55.0 Å². The summed E-state index contributed by atoms with van der Waals surface area (Å²) in [6.45, 7) is -0.529. The van der Waals surface area contributed by atoms with E-state index in [1.54, 1.807) is 12.4 Å². The van der Waals surface area contributed by atoms with E-state index >= 15 is 0 Å². The number of benzene rings is 2. The van der Waals surface area contributed by atoms with E-state index in [1.807, 2.05) is 91.0 Å². The Balaban J connectivity index is 1.26. The van der Waals surface area contributed by atoms with E-state index in [9.17, 15) is 35.1 Å². The van der Waals surface area contributed by atoms with Gasteiger partial charge in [0.25, 0.3) is 5.91 Å². The second-order valence-electron chi connectivity index (χ2n) is 13.7. The Bertz CT molecular complexity index is 1690. The molecule has 55 heavy (non-hydrogen) atoms. The summed E-state index contributed by atoms with van der Waals surface area (Å²) in [4.78, 5) is 34.5. The van der Waals surface area contributed by atoms with Gasteiger partial charge in [-0.3, -0.25) is 14.6 Å². The van der Waals surface area contributed by atoms with Gasteiger partial charge in [0.1, 0.15) is 24.1 Å². The number of amides is 2. The van der Waals surface area contributed by atoms with Crippen molar-refractivity contribution in [2.24, 2.45) is 0 Å². The fourth-order valence-corrected chi connectivity index (χ4v) is 6.47. The molecule has 296 valence electrons. The van der Waals surface area contributed by atoms with Crippen LogP contribution < -0.4 is 16.0 Å². The second-order valence-corrected chi connectivity index (χ2v) is 13.7. The van der Waals surface area contributed by atoms with E-state index in [-0.39, 0.29) is 12.5 Å². The quantitative estimate of drug-likeness (QED) is 0.0463. The van der Waals surface area contributed by atoms with Crippen LogP contribution in [0.25, 0.3) is 0 Å². The van der Waals surface area contributed by atoms with Gasteiger partial charge in [-0.05, 0) is 54.3 Å². The maximum atomic E-state index is 13.3. The lowest BCUT2D eigenvalue weighted by Gasteiger charge is -2.33. The minimum atomic E-state index is -1.93. The molecule has 2 amide bonds. The van der Waals surface area contributed by atoms with Crippen LogP contribution in [-0.4, -0.2) is 90.0 Å². The highest BCUT2D eigenvalue weighted by molar-refractivity contribution is 5.91. The van der Waals surface area contributed by atoms with Crippen molar-refractivity contribution in [1.82, 2.24) is 15.3 Å². The average molecular weight is 758 g/mol. The van der Waals surface area contributed by atoms with Crippen molar-refractivity contribution in [2.75, 3.05) is 23.8 Å². The number of carbonyl (C=O) groups excluding carboxylic acids is 2. The van der Waals surface area contributed by atoms with Gasteiger partial charge in [0.15, 0.2) is 6.10 Å².